The van der Waals surface area contributed by atoms with E-state index in [-0.39, 0.29) is 6.04 Å². The Morgan fingerprint density at radius 1 is 1.24 bits per heavy atom. The van der Waals surface area contributed by atoms with Crippen LogP contribution in [0.4, 0.5) is 0 Å². The number of aromatic nitrogens is 3. The average Bonchev–Trinajstić information content (AvgIpc) is 2.82. The van der Waals surface area contributed by atoms with Crippen molar-refractivity contribution in [1.82, 2.24) is 20.0 Å². The zero-order valence-electron chi connectivity index (χ0n) is 12.2. The van der Waals surface area contributed by atoms with Crippen LogP contribution in [0.1, 0.15) is 23.1 Å². The summed E-state index contributed by atoms with van der Waals surface area (Å²) in [6.45, 7) is 2.04. The zero-order valence-corrected chi connectivity index (χ0v) is 12.2. The van der Waals surface area contributed by atoms with Crippen molar-refractivity contribution in [3.05, 3.63) is 59.7 Å². The molecule has 3 aromatic rings. The van der Waals surface area contributed by atoms with Crippen molar-refractivity contribution in [2.45, 2.75) is 19.4 Å². The molecule has 108 valence electrons. The largest absolute Gasteiger partial charge is 0.331 e. The van der Waals surface area contributed by atoms with Crippen LogP contribution in [0.15, 0.2) is 42.6 Å². The maximum absolute atomic E-state index is 5.74. The fraction of sp³-hybridized carbons (Fsp3) is 0.250. The van der Waals surface area contributed by atoms with Gasteiger partial charge in [-0.15, -0.1) is 0 Å². The van der Waals surface area contributed by atoms with E-state index in [1.807, 2.05) is 44.3 Å². The normalized spacial score (nSPS) is 12.7. The van der Waals surface area contributed by atoms with Crippen molar-refractivity contribution >= 4 is 11.0 Å². The first-order valence-electron chi connectivity index (χ1n) is 6.98. The predicted octanol–water partition coefficient (Wildman–Crippen LogP) is 2.02. The van der Waals surface area contributed by atoms with E-state index in [4.69, 9.17) is 10.8 Å². The predicted molar refractivity (Wildman–Crippen MR) is 83.5 cm³/mol. The second-order valence-corrected chi connectivity index (χ2v) is 5.20. The molecule has 0 bridgehead atoms. The van der Waals surface area contributed by atoms with Gasteiger partial charge in [0, 0.05) is 19.7 Å². The number of imidazole rings is 1. The quantitative estimate of drug-likeness (QED) is 0.567. The van der Waals surface area contributed by atoms with E-state index in [2.05, 4.69) is 21.0 Å². The minimum atomic E-state index is -0.0540. The monoisotopic (exact) mass is 281 g/mol. The Labute approximate surface area is 123 Å². The molecular formula is C16H19N5. The van der Waals surface area contributed by atoms with Crippen LogP contribution in [-0.2, 0) is 13.5 Å². The van der Waals surface area contributed by atoms with Gasteiger partial charge in [0.15, 0.2) is 0 Å². The number of hydrazine groups is 1. The lowest BCUT2D eigenvalue weighted by atomic mass is 10.1. The maximum Gasteiger partial charge on any atom is 0.111 e. The molecule has 0 saturated heterocycles. The second kappa shape index (κ2) is 5.63. The van der Waals surface area contributed by atoms with Gasteiger partial charge in [0.2, 0.25) is 0 Å². The van der Waals surface area contributed by atoms with E-state index in [1.165, 1.54) is 0 Å². The molecule has 1 aromatic carbocycles. The Bertz CT molecular complexity index is 762. The van der Waals surface area contributed by atoms with Crippen molar-refractivity contribution < 1.29 is 0 Å². The molecule has 3 N–H and O–H groups in total. The Kier molecular flexibility index (Phi) is 3.68. The Hall–Kier alpha value is -2.24. The number of nitrogens with one attached hydrogen (secondary N) is 1. The number of hydrogen-bond acceptors (Lipinski definition) is 4. The zero-order chi connectivity index (χ0) is 14.8. The number of aryl methyl sites for hydroxylation is 2. The van der Waals surface area contributed by atoms with Crippen LogP contribution in [0, 0.1) is 6.92 Å². The van der Waals surface area contributed by atoms with E-state index < -0.39 is 0 Å². The van der Waals surface area contributed by atoms with E-state index >= 15 is 0 Å². The minimum Gasteiger partial charge on any atom is -0.331 e. The first kappa shape index (κ1) is 13.7. The Balaban J connectivity index is 1.96. The van der Waals surface area contributed by atoms with Crippen LogP contribution in [-0.4, -0.2) is 14.5 Å². The molecule has 5 heteroatoms. The lowest BCUT2D eigenvalue weighted by Gasteiger charge is -2.17. The van der Waals surface area contributed by atoms with Crippen molar-refractivity contribution in [2.75, 3.05) is 0 Å². The maximum atomic E-state index is 5.74. The van der Waals surface area contributed by atoms with E-state index in [9.17, 15) is 0 Å². The molecule has 1 unspecified atom stereocenters. The summed E-state index contributed by atoms with van der Waals surface area (Å²) in [5.41, 5.74) is 7.08. The van der Waals surface area contributed by atoms with Gasteiger partial charge in [0.05, 0.1) is 22.8 Å². The highest BCUT2D eigenvalue weighted by Gasteiger charge is 2.17. The van der Waals surface area contributed by atoms with Gasteiger partial charge in [-0.05, 0) is 30.7 Å². The number of nitrogens with two attached hydrogens (primary N) is 1. The molecule has 21 heavy (non-hydrogen) atoms. The number of pyridine rings is 1. The summed E-state index contributed by atoms with van der Waals surface area (Å²) < 4.78 is 2.11. The second-order valence-electron chi connectivity index (χ2n) is 5.20. The third-order valence-corrected chi connectivity index (χ3v) is 3.85. The summed E-state index contributed by atoms with van der Waals surface area (Å²) >= 11 is 0. The molecule has 0 spiro atoms. The summed E-state index contributed by atoms with van der Waals surface area (Å²) in [5, 5.41) is 0. The lowest BCUT2D eigenvalue weighted by molar-refractivity contribution is 0.517. The van der Waals surface area contributed by atoms with Crippen LogP contribution >= 0.6 is 0 Å². The molecule has 0 aliphatic carbocycles. The first-order chi connectivity index (χ1) is 10.2. The molecule has 3 rings (SSSR count). The van der Waals surface area contributed by atoms with Gasteiger partial charge in [-0.2, -0.15) is 0 Å². The van der Waals surface area contributed by atoms with Crippen LogP contribution in [0.25, 0.3) is 11.0 Å². The highest BCUT2D eigenvalue weighted by atomic mass is 15.2. The van der Waals surface area contributed by atoms with E-state index in [0.29, 0.717) is 6.42 Å². The van der Waals surface area contributed by atoms with Crippen molar-refractivity contribution in [1.29, 1.82) is 0 Å². The van der Waals surface area contributed by atoms with Gasteiger partial charge in [-0.25, -0.2) is 4.98 Å². The molecule has 0 saturated carbocycles. The molecule has 0 aliphatic rings. The molecule has 2 aromatic heterocycles. The molecule has 0 fully saturated rings. The van der Waals surface area contributed by atoms with Crippen molar-refractivity contribution in [2.24, 2.45) is 12.9 Å². The third kappa shape index (κ3) is 2.53. The number of nitrogens with zero attached hydrogens (tertiary/aromatic N) is 3. The highest BCUT2D eigenvalue weighted by Crippen LogP contribution is 2.21. The minimum absolute atomic E-state index is 0.0540. The number of rotatable bonds is 4. The van der Waals surface area contributed by atoms with Gasteiger partial charge < -0.3 is 4.57 Å². The first-order valence-corrected chi connectivity index (χ1v) is 6.98. The number of benzene rings is 1. The van der Waals surface area contributed by atoms with E-state index in [1.54, 1.807) is 6.20 Å². The van der Waals surface area contributed by atoms with Crippen LogP contribution in [0.3, 0.4) is 0 Å². The highest BCUT2D eigenvalue weighted by molar-refractivity contribution is 5.75. The molecule has 0 radical (unpaired) electrons. The fourth-order valence-corrected chi connectivity index (χ4v) is 2.66. The van der Waals surface area contributed by atoms with Gasteiger partial charge in [0.25, 0.3) is 0 Å². The van der Waals surface area contributed by atoms with Gasteiger partial charge in [-0.1, -0.05) is 18.2 Å². The summed E-state index contributed by atoms with van der Waals surface area (Å²) in [7, 11) is 2.03. The Morgan fingerprint density at radius 3 is 2.76 bits per heavy atom. The lowest BCUT2D eigenvalue weighted by Crippen LogP contribution is -2.31. The topological polar surface area (TPSA) is 68.8 Å². The van der Waals surface area contributed by atoms with Crippen molar-refractivity contribution in [3.63, 3.8) is 0 Å². The van der Waals surface area contributed by atoms with Gasteiger partial charge in [-0.3, -0.25) is 16.3 Å². The van der Waals surface area contributed by atoms with Crippen LogP contribution in [0.2, 0.25) is 0 Å². The summed E-state index contributed by atoms with van der Waals surface area (Å²) in [6.07, 6.45) is 2.49. The molecule has 0 aliphatic heterocycles. The van der Waals surface area contributed by atoms with Crippen LogP contribution < -0.4 is 11.3 Å². The molecular weight excluding hydrogens is 262 g/mol. The Morgan fingerprint density at radius 2 is 2.05 bits per heavy atom. The average molecular weight is 281 g/mol. The van der Waals surface area contributed by atoms with E-state index in [0.717, 1.165) is 28.1 Å². The van der Waals surface area contributed by atoms with Crippen molar-refractivity contribution in [3.8, 4) is 0 Å². The van der Waals surface area contributed by atoms with Gasteiger partial charge in [0.1, 0.15) is 5.82 Å². The molecule has 5 nitrogen and oxygen atoms in total. The van der Waals surface area contributed by atoms with Crippen LogP contribution in [0.5, 0.6) is 0 Å². The molecule has 0 amide bonds. The number of hydrogen-bond donors (Lipinski definition) is 2. The fourth-order valence-electron chi connectivity index (χ4n) is 2.66. The van der Waals surface area contributed by atoms with Gasteiger partial charge >= 0.3 is 0 Å². The summed E-state index contributed by atoms with van der Waals surface area (Å²) in [6, 6.07) is 12.0. The SMILES string of the molecule is Cc1cccnc1C(Cc1nc2ccccc2n1C)NN. The summed E-state index contributed by atoms with van der Waals surface area (Å²) in [4.78, 5) is 9.14. The smallest absolute Gasteiger partial charge is 0.111 e. The number of para-hydroxylation sites is 2. The molecule has 1 atom stereocenters. The standard InChI is InChI=1S/C16H19N5/c1-11-6-5-9-18-16(11)13(20-17)10-15-19-12-7-3-4-8-14(12)21(15)2/h3-9,13,20H,10,17H2,1-2H3. The third-order valence-electron chi connectivity index (χ3n) is 3.85. The summed E-state index contributed by atoms with van der Waals surface area (Å²) in [5.74, 6) is 6.73. The number of fused-ring (bicyclic) bond motifs is 1. The molecule has 2 heterocycles.